The quantitative estimate of drug-likeness (QED) is 0.803. The number of rotatable bonds is 4. The molecule has 0 bridgehead atoms. The lowest BCUT2D eigenvalue weighted by molar-refractivity contribution is 0.0924. The number of carbonyl (C=O) groups is 1. The van der Waals surface area contributed by atoms with Crippen LogP contribution in [0.3, 0.4) is 0 Å². The first-order valence-electron chi connectivity index (χ1n) is 8.60. The summed E-state index contributed by atoms with van der Waals surface area (Å²) in [6.07, 6.45) is 1.15. The van der Waals surface area contributed by atoms with E-state index in [2.05, 4.69) is 5.32 Å². The number of para-hydroxylation sites is 1. The van der Waals surface area contributed by atoms with Crippen LogP contribution in [-0.2, 0) is 10.0 Å². The second-order valence-electron chi connectivity index (χ2n) is 6.55. The molecular weight excluding hydrogens is 350 g/mol. The summed E-state index contributed by atoms with van der Waals surface area (Å²) >= 11 is 0. The molecule has 1 aliphatic heterocycles. The molecule has 26 heavy (non-hydrogen) atoms. The number of anilines is 1. The van der Waals surface area contributed by atoms with Crippen molar-refractivity contribution in [3.05, 3.63) is 59.7 Å². The molecule has 1 aliphatic rings. The molecule has 1 saturated heterocycles. The van der Waals surface area contributed by atoms with E-state index in [9.17, 15) is 13.2 Å². The summed E-state index contributed by atoms with van der Waals surface area (Å²) in [4.78, 5) is 12.7. The van der Waals surface area contributed by atoms with E-state index in [1.54, 1.807) is 48.5 Å². The van der Waals surface area contributed by atoms with Crippen LogP contribution in [0.4, 0.5) is 5.69 Å². The van der Waals surface area contributed by atoms with Crippen molar-refractivity contribution in [1.29, 1.82) is 0 Å². The number of hydrogen-bond acceptors (Lipinski definition) is 4. The molecule has 0 unspecified atom stereocenters. The topological polar surface area (TPSA) is 92.5 Å². The molecular formula is C19H23N3O3S. The lowest BCUT2D eigenvalue weighted by Gasteiger charge is -2.31. The molecule has 138 valence electrons. The Balaban J connectivity index is 1.61. The van der Waals surface area contributed by atoms with Crippen molar-refractivity contribution in [2.24, 2.45) is 0 Å². The van der Waals surface area contributed by atoms with Gasteiger partial charge in [-0.25, -0.2) is 8.42 Å². The molecule has 0 aliphatic carbocycles. The molecule has 0 atom stereocenters. The zero-order valence-electron chi connectivity index (χ0n) is 14.7. The van der Waals surface area contributed by atoms with Crippen LogP contribution >= 0.6 is 0 Å². The van der Waals surface area contributed by atoms with Crippen molar-refractivity contribution in [3.63, 3.8) is 0 Å². The van der Waals surface area contributed by atoms with Crippen LogP contribution in [0, 0.1) is 6.92 Å². The minimum atomic E-state index is -3.49. The van der Waals surface area contributed by atoms with Crippen LogP contribution in [0.15, 0.2) is 53.4 Å². The number of aryl methyl sites for hydroxylation is 1. The third kappa shape index (κ3) is 3.89. The van der Waals surface area contributed by atoms with Gasteiger partial charge in [-0.05, 0) is 44.0 Å². The fraction of sp³-hybridized carbons (Fsp3) is 0.316. The van der Waals surface area contributed by atoms with Gasteiger partial charge in [-0.15, -0.1) is 0 Å². The van der Waals surface area contributed by atoms with Gasteiger partial charge in [-0.2, -0.15) is 4.31 Å². The fourth-order valence-corrected chi connectivity index (χ4v) is 4.54. The van der Waals surface area contributed by atoms with Gasteiger partial charge in [0.05, 0.1) is 10.5 Å². The highest BCUT2D eigenvalue weighted by Crippen LogP contribution is 2.21. The van der Waals surface area contributed by atoms with Crippen LogP contribution in [0.2, 0.25) is 0 Å². The second kappa shape index (κ2) is 7.47. The maximum atomic E-state index is 12.7. The zero-order valence-corrected chi connectivity index (χ0v) is 15.5. The van der Waals surface area contributed by atoms with Crippen LogP contribution in [-0.4, -0.2) is 37.8 Å². The molecule has 0 saturated carbocycles. The molecule has 3 N–H and O–H groups in total. The van der Waals surface area contributed by atoms with Crippen LogP contribution in [0.5, 0.6) is 0 Å². The predicted octanol–water partition coefficient (Wildman–Crippen LogP) is 2.16. The summed E-state index contributed by atoms with van der Waals surface area (Å²) in [5.41, 5.74) is 7.73. The largest absolute Gasteiger partial charge is 0.398 e. The van der Waals surface area contributed by atoms with Gasteiger partial charge < -0.3 is 11.1 Å². The number of nitrogens with zero attached hydrogens (tertiary/aromatic N) is 1. The Labute approximate surface area is 154 Å². The lowest BCUT2D eigenvalue weighted by Crippen LogP contribution is -2.46. The molecule has 0 radical (unpaired) electrons. The molecule has 1 amide bonds. The van der Waals surface area contributed by atoms with Gasteiger partial charge in [-0.3, -0.25) is 4.79 Å². The smallest absolute Gasteiger partial charge is 0.253 e. The number of amides is 1. The molecule has 3 rings (SSSR count). The molecule has 1 heterocycles. The Morgan fingerprint density at radius 1 is 1.08 bits per heavy atom. The minimum absolute atomic E-state index is 0.0634. The standard InChI is InChI=1S/C19H23N3O3S/c1-14-6-8-16(9-7-14)26(24,25)22-12-10-15(11-13-22)21-19(23)17-4-2-3-5-18(17)20/h2-9,15H,10-13,20H2,1H3,(H,21,23). The molecule has 0 aromatic heterocycles. The van der Waals surface area contributed by atoms with E-state index in [-0.39, 0.29) is 11.9 Å². The van der Waals surface area contributed by atoms with Gasteiger partial charge in [0.2, 0.25) is 10.0 Å². The number of hydrogen-bond donors (Lipinski definition) is 2. The average molecular weight is 373 g/mol. The molecule has 0 spiro atoms. The molecule has 2 aromatic rings. The van der Waals surface area contributed by atoms with E-state index < -0.39 is 10.0 Å². The van der Waals surface area contributed by atoms with Crippen LogP contribution in [0.1, 0.15) is 28.8 Å². The van der Waals surface area contributed by atoms with Gasteiger partial charge in [0.1, 0.15) is 0 Å². The third-order valence-corrected chi connectivity index (χ3v) is 6.57. The average Bonchev–Trinajstić information content (AvgIpc) is 2.63. The van der Waals surface area contributed by atoms with Crippen molar-refractivity contribution >= 4 is 21.6 Å². The normalized spacial score (nSPS) is 16.3. The number of sulfonamides is 1. The van der Waals surface area contributed by atoms with Gasteiger partial charge >= 0.3 is 0 Å². The van der Waals surface area contributed by atoms with Gasteiger partial charge in [0.25, 0.3) is 5.91 Å². The Hall–Kier alpha value is -2.38. The number of carbonyl (C=O) groups excluding carboxylic acids is 1. The monoisotopic (exact) mass is 373 g/mol. The third-order valence-electron chi connectivity index (χ3n) is 4.65. The molecule has 1 fully saturated rings. The Morgan fingerprint density at radius 3 is 2.31 bits per heavy atom. The summed E-state index contributed by atoms with van der Waals surface area (Å²) in [5, 5.41) is 2.95. The number of benzene rings is 2. The predicted molar refractivity (Wildman–Crippen MR) is 101 cm³/mol. The van der Waals surface area contributed by atoms with E-state index in [1.165, 1.54) is 4.31 Å². The first-order chi connectivity index (χ1) is 12.4. The van der Waals surface area contributed by atoms with Crippen molar-refractivity contribution in [3.8, 4) is 0 Å². The van der Waals surface area contributed by atoms with Crippen molar-refractivity contribution in [1.82, 2.24) is 9.62 Å². The molecule has 6 nitrogen and oxygen atoms in total. The van der Waals surface area contributed by atoms with Gasteiger partial charge in [-0.1, -0.05) is 29.8 Å². The van der Waals surface area contributed by atoms with Crippen molar-refractivity contribution < 1.29 is 13.2 Å². The van der Waals surface area contributed by atoms with Crippen molar-refractivity contribution in [2.75, 3.05) is 18.8 Å². The molecule has 7 heteroatoms. The first-order valence-corrected chi connectivity index (χ1v) is 10.0. The van der Waals surface area contributed by atoms with Crippen LogP contribution < -0.4 is 11.1 Å². The Kier molecular flexibility index (Phi) is 5.29. The van der Waals surface area contributed by atoms with E-state index in [1.807, 2.05) is 6.92 Å². The minimum Gasteiger partial charge on any atom is -0.398 e. The fourth-order valence-electron chi connectivity index (χ4n) is 3.07. The van der Waals surface area contributed by atoms with E-state index in [0.717, 1.165) is 5.56 Å². The highest BCUT2D eigenvalue weighted by molar-refractivity contribution is 7.89. The summed E-state index contributed by atoms with van der Waals surface area (Å²) in [6.45, 7) is 2.68. The number of piperidine rings is 1. The maximum Gasteiger partial charge on any atom is 0.253 e. The van der Waals surface area contributed by atoms with Gasteiger partial charge in [0, 0.05) is 24.8 Å². The SMILES string of the molecule is Cc1ccc(S(=O)(=O)N2CCC(NC(=O)c3ccccc3N)CC2)cc1. The van der Waals surface area contributed by atoms with Crippen LogP contribution in [0.25, 0.3) is 0 Å². The maximum absolute atomic E-state index is 12.7. The van der Waals surface area contributed by atoms with E-state index >= 15 is 0 Å². The van der Waals surface area contributed by atoms with E-state index in [0.29, 0.717) is 42.1 Å². The Bertz CT molecular complexity index is 887. The Morgan fingerprint density at radius 2 is 1.69 bits per heavy atom. The summed E-state index contributed by atoms with van der Waals surface area (Å²) in [5.74, 6) is -0.219. The summed E-state index contributed by atoms with van der Waals surface area (Å²) < 4.78 is 26.9. The first kappa shape index (κ1) is 18.4. The molecule has 2 aromatic carbocycles. The van der Waals surface area contributed by atoms with Gasteiger partial charge in [0.15, 0.2) is 0 Å². The highest BCUT2D eigenvalue weighted by atomic mass is 32.2. The highest BCUT2D eigenvalue weighted by Gasteiger charge is 2.30. The number of nitrogen functional groups attached to an aromatic ring is 1. The van der Waals surface area contributed by atoms with Crippen molar-refractivity contribution in [2.45, 2.75) is 30.7 Å². The zero-order chi connectivity index (χ0) is 18.7. The summed E-state index contributed by atoms with van der Waals surface area (Å²) in [7, 11) is -3.49. The number of nitrogens with two attached hydrogens (primary N) is 1. The van der Waals surface area contributed by atoms with E-state index in [4.69, 9.17) is 5.73 Å². The summed E-state index contributed by atoms with van der Waals surface area (Å²) in [6, 6.07) is 13.7. The second-order valence-corrected chi connectivity index (χ2v) is 8.49. The number of nitrogens with one attached hydrogen (secondary N) is 1. The lowest BCUT2D eigenvalue weighted by atomic mass is 10.1.